The van der Waals surface area contributed by atoms with E-state index in [2.05, 4.69) is 5.32 Å². The standard InChI is InChI=1S/C19H23N3O4S/c1-11-10-27-18-13(17(24)22(18)14(11)19(25)26-4)20-16(23)15(21(2)3)12-8-6-5-7-9-12/h5-9,13,15,18H,10H2,1-4H3,(H,20,23)/t13-,15-,18-/m1/s1. The van der Waals surface area contributed by atoms with Crippen molar-refractivity contribution in [3.05, 3.63) is 47.2 Å². The van der Waals surface area contributed by atoms with Crippen LogP contribution in [0.2, 0.25) is 0 Å². The van der Waals surface area contributed by atoms with Crippen LogP contribution in [0.25, 0.3) is 0 Å². The van der Waals surface area contributed by atoms with Crippen molar-refractivity contribution in [1.82, 2.24) is 15.1 Å². The number of carbonyl (C=O) groups is 3. The molecular formula is C19H23N3O4S. The third-order valence-corrected chi connectivity index (χ3v) is 6.14. The Labute approximate surface area is 162 Å². The summed E-state index contributed by atoms with van der Waals surface area (Å²) < 4.78 is 4.81. The van der Waals surface area contributed by atoms with Crippen LogP contribution in [0.3, 0.4) is 0 Å². The largest absolute Gasteiger partial charge is 0.464 e. The lowest BCUT2D eigenvalue weighted by atomic mass is 10.0. The third kappa shape index (κ3) is 3.46. The lowest BCUT2D eigenvalue weighted by molar-refractivity contribution is -0.152. The van der Waals surface area contributed by atoms with E-state index in [1.165, 1.54) is 23.8 Å². The molecule has 7 nitrogen and oxygen atoms in total. The number of nitrogens with one attached hydrogen (secondary N) is 1. The Morgan fingerprint density at radius 1 is 1.30 bits per heavy atom. The van der Waals surface area contributed by atoms with Crippen molar-refractivity contribution < 1.29 is 19.1 Å². The molecule has 0 aliphatic carbocycles. The molecule has 0 spiro atoms. The molecule has 3 atom stereocenters. The van der Waals surface area contributed by atoms with E-state index in [-0.39, 0.29) is 17.2 Å². The second kappa shape index (κ2) is 7.74. The molecule has 1 fully saturated rings. The van der Waals surface area contributed by atoms with Crippen molar-refractivity contribution in [3.63, 3.8) is 0 Å². The summed E-state index contributed by atoms with van der Waals surface area (Å²) in [5.41, 5.74) is 1.95. The molecule has 3 rings (SSSR count). The number of hydrogen-bond donors (Lipinski definition) is 1. The number of amides is 2. The van der Waals surface area contributed by atoms with Crippen LogP contribution >= 0.6 is 11.8 Å². The van der Waals surface area contributed by atoms with E-state index >= 15 is 0 Å². The fraction of sp³-hybridized carbons (Fsp3) is 0.421. The first-order chi connectivity index (χ1) is 12.9. The van der Waals surface area contributed by atoms with E-state index in [1.807, 2.05) is 56.3 Å². The van der Waals surface area contributed by atoms with E-state index in [0.29, 0.717) is 11.4 Å². The molecule has 2 aliphatic rings. The van der Waals surface area contributed by atoms with Gasteiger partial charge in [-0.05, 0) is 32.2 Å². The lowest BCUT2D eigenvalue weighted by Crippen LogP contribution is -2.71. The Balaban J connectivity index is 1.77. The summed E-state index contributed by atoms with van der Waals surface area (Å²) in [5.74, 6) is -0.436. The van der Waals surface area contributed by atoms with E-state index in [0.717, 1.165) is 11.1 Å². The summed E-state index contributed by atoms with van der Waals surface area (Å²) in [6.07, 6.45) is 0. The lowest BCUT2D eigenvalue weighted by Gasteiger charge is -2.49. The van der Waals surface area contributed by atoms with Gasteiger partial charge >= 0.3 is 5.97 Å². The van der Waals surface area contributed by atoms with Gasteiger partial charge in [0, 0.05) is 5.75 Å². The van der Waals surface area contributed by atoms with Gasteiger partial charge in [-0.1, -0.05) is 30.3 Å². The SMILES string of the molecule is COC(=O)C1=C(C)CS[C@@H]2[C@H](NC(=O)[C@@H](c3ccccc3)N(C)C)C(=O)N12. The Morgan fingerprint density at radius 2 is 1.96 bits per heavy atom. The molecule has 1 aromatic carbocycles. The fourth-order valence-corrected chi connectivity index (χ4v) is 4.70. The maximum atomic E-state index is 12.9. The average molecular weight is 389 g/mol. The molecule has 144 valence electrons. The van der Waals surface area contributed by atoms with Crippen LogP contribution in [-0.4, -0.2) is 66.0 Å². The summed E-state index contributed by atoms with van der Waals surface area (Å²) in [4.78, 5) is 40.9. The van der Waals surface area contributed by atoms with Crippen molar-refractivity contribution in [1.29, 1.82) is 0 Å². The number of hydrogen-bond acceptors (Lipinski definition) is 6. The Bertz CT molecular complexity index is 793. The minimum Gasteiger partial charge on any atom is -0.464 e. The highest BCUT2D eigenvalue weighted by Gasteiger charge is 2.54. The minimum absolute atomic E-state index is 0.240. The predicted octanol–water partition coefficient (Wildman–Crippen LogP) is 1.14. The van der Waals surface area contributed by atoms with Gasteiger partial charge in [-0.25, -0.2) is 4.79 Å². The number of carbonyl (C=O) groups excluding carboxylic acids is 3. The second-order valence-electron chi connectivity index (χ2n) is 6.79. The molecule has 2 aliphatic heterocycles. The number of methoxy groups -OCH3 is 1. The first kappa shape index (κ1) is 19.4. The van der Waals surface area contributed by atoms with Gasteiger partial charge in [0.25, 0.3) is 5.91 Å². The van der Waals surface area contributed by atoms with Crippen LogP contribution in [0.4, 0.5) is 0 Å². The quantitative estimate of drug-likeness (QED) is 0.601. The molecule has 8 heteroatoms. The molecule has 0 radical (unpaired) electrons. The topological polar surface area (TPSA) is 79.0 Å². The second-order valence-corrected chi connectivity index (χ2v) is 7.90. The molecule has 1 N–H and O–H groups in total. The molecule has 0 unspecified atom stereocenters. The first-order valence-electron chi connectivity index (χ1n) is 8.61. The highest BCUT2D eigenvalue weighted by Crippen LogP contribution is 2.40. The van der Waals surface area contributed by atoms with Gasteiger partial charge in [0.15, 0.2) is 0 Å². The molecule has 0 aromatic heterocycles. The number of β-lactam (4-membered cyclic amide) rings is 1. The van der Waals surface area contributed by atoms with Crippen LogP contribution in [-0.2, 0) is 19.1 Å². The van der Waals surface area contributed by atoms with Crippen molar-refractivity contribution >= 4 is 29.5 Å². The molecule has 1 saturated heterocycles. The Hall–Kier alpha value is -2.32. The number of fused-ring (bicyclic) bond motifs is 1. The number of likely N-dealkylation sites (N-methyl/N-ethyl adjacent to an activating group) is 1. The van der Waals surface area contributed by atoms with Crippen molar-refractivity contribution in [3.8, 4) is 0 Å². The number of esters is 1. The third-order valence-electron chi connectivity index (χ3n) is 4.72. The maximum Gasteiger partial charge on any atom is 0.354 e. The normalized spacial score (nSPS) is 22.9. The fourth-order valence-electron chi connectivity index (χ4n) is 3.41. The van der Waals surface area contributed by atoms with E-state index in [9.17, 15) is 14.4 Å². The van der Waals surface area contributed by atoms with Crippen LogP contribution in [0, 0.1) is 0 Å². The summed E-state index contributed by atoms with van der Waals surface area (Å²) in [6, 6.07) is 8.26. The zero-order chi connectivity index (χ0) is 19.7. The van der Waals surface area contributed by atoms with E-state index in [1.54, 1.807) is 0 Å². The van der Waals surface area contributed by atoms with Crippen molar-refractivity contribution in [2.45, 2.75) is 24.4 Å². The molecule has 0 bridgehead atoms. The molecule has 1 aromatic rings. The van der Waals surface area contributed by atoms with Crippen LogP contribution in [0.15, 0.2) is 41.6 Å². The van der Waals surface area contributed by atoms with E-state index < -0.39 is 18.1 Å². The van der Waals surface area contributed by atoms with Crippen LogP contribution < -0.4 is 5.32 Å². The first-order valence-corrected chi connectivity index (χ1v) is 9.66. The van der Waals surface area contributed by atoms with Crippen LogP contribution in [0.1, 0.15) is 18.5 Å². The van der Waals surface area contributed by atoms with Gasteiger partial charge in [-0.2, -0.15) is 0 Å². The average Bonchev–Trinajstić information content (AvgIpc) is 2.66. The molecular weight excluding hydrogens is 366 g/mol. The molecule has 0 saturated carbocycles. The highest BCUT2D eigenvalue weighted by atomic mass is 32.2. The number of nitrogens with zero attached hydrogens (tertiary/aromatic N) is 2. The highest BCUT2D eigenvalue weighted by molar-refractivity contribution is 8.00. The number of thioether (sulfide) groups is 1. The number of rotatable bonds is 5. The Kier molecular flexibility index (Phi) is 5.57. The maximum absolute atomic E-state index is 12.9. The van der Waals surface area contributed by atoms with Gasteiger partial charge in [-0.15, -0.1) is 11.8 Å². The zero-order valence-corrected chi connectivity index (χ0v) is 16.6. The molecule has 2 amide bonds. The summed E-state index contributed by atoms with van der Waals surface area (Å²) in [7, 11) is 4.94. The zero-order valence-electron chi connectivity index (χ0n) is 15.8. The summed E-state index contributed by atoms with van der Waals surface area (Å²) >= 11 is 1.53. The Morgan fingerprint density at radius 3 is 2.56 bits per heavy atom. The van der Waals surface area contributed by atoms with Gasteiger partial charge in [0.05, 0.1) is 7.11 Å². The number of benzene rings is 1. The van der Waals surface area contributed by atoms with Crippen LogP contribution in [0.5, 0.6) is 0 Å². The smallest absolute Gasteiger partial charge is 0.354 e. The van der Waals surface area contributed by atoms with E-state index in [4.69, 9.17) is 4.74 Å². The minimum atomic E-state index is -0.651. The van der Waals surface area contributed by atoms with Gasteiger partial charge in [-0.3, -0.25) is 19.4 Å². The predicted molar refractivity (Wildman–Crippen MR) is 103 cm³/mol. The van der Waals surface area contributed by atoms with Gasteiger partial charge in [0.2, 0.25) is 5.91 Å². The summed E-state index contributed by atoms with van der Waals surface area (Å²) in [6.45, 7) is 1.81. The molecule has 27 heavy (non-hydrogen) atoms. The molecule has 2 heterocycles. The summed E-state index contributed by atoms with van der Waals surface area (Å²) in [5, 5.41) is 2.58. The van der Waals surface area contributed by atoms with Gasteiger partial charge in [0.1, 0.15) is 23.2 Å². The van der Waals surface area contributed by atoms with Crippen molar-refractivity contribution in [2.75, 3.05) is 27.0 Å². The number of ether oxygens (including phenoxy) is 1. The monoisotopic (exact) mass is 389 g/mol. The van der Waals surface area contributed by atoms with Crippen molar-refractivity contribution in [2.24, 2.45) is 0 Å². The van der Waals surface area contributed by atoms with Gasteiger partial charge < -0.3 is 10.1 Å².